The third-order valence-corrected chi connectivity index (χ3v) is 4.60. The molecule has 2 N–H and O–H groups in total. The maximum absolute atomic E-state index is 12.4. The minimum Gasteiger partial charge on any atom is -0.462 e. The number of nitrogens with two attached hydrogens (primary N) is 1. The summed E-state index contributed by atoms with van der Waals surface area (Å²) in [6.45, 7) is 9.39. The first-order valence-electron chi connectivity index (χ1n) is 7.27. The van der Waals surface area contributed by atoms with Crippen LogP contribution in [-0.4, -0.2) is 31.3 Å². The fraction of sp³-hybridized carbons (Fsp3) is 0.933. The molecule has 0 aromatic heterocycles. The lowest BCUT2D eigenvalue weighted by atomic mass is 9.71. The summed E-state index contributed by atoms with van der Waals surface area (Å²) >= 11 is 0. The van der Waals surface area contributed by atoms with Crippen molar-refractivity contribution < 1.29 is 14.3 Å². The molecule has 0 aromatic carbocycles. The van der Waals surface area contributed by atoms with Crippen molar-refractivity contribution in [2.24, 2.45) is 22.5 Å². The summed E-state index contributed by atoms with van der Waals surface area (Å²) in [6, 6.07) is -0.256. The van der Waals surface area contributed by atoms with Gasteiger partial charge >= 0.3 is 5.97 Å². The zero-order valence-corrected chi connectivity index (χ0v) is 12.6. The molecular formula is C15H27NO3. The molecule has 1 aliphatic heterocycles. The van der Waals surface area contributed by atoms with Gasteiger partial charge in [-0.3, -0.25) is 4.79 Å². The quantitative estimate of drug-likeness (QED) is 0.780. The van der Waals surface area contributed by atoms with Crippen LogP contribution in [0.25, 0.3) is 0 Å². The Hall–Kier alpha value is -0.610. The molecular weight excluding hydrogens is 242 g/mol. The Kier molecular flexibility index (Phi) is 3.94. The number of hydrogen-bond acceptors (Lipinski definition) is 4. The fourth-order valence-corrected chi connectivity index (χ4v) is 3.53. The zero-order chi connectivity index (χ0) is 14.3. The summed E-state index contributed by atoms with van der Waals surface area (Å²) in [5.74, 6) is 0.412. The van der Waals surface area contributed by atoms with E-state index in [0.29, 0.717) is 19.1 Å². The van der Waals surface area contributed by atoms with Crippen LogP contribution in [0.1, 0.15) is 47.0 Å². The van der Waals surface area contributed by atoms with E-state index >= 15 is 0 Å². The lowest BCUT2D eigenvalue weighted by molar-refractivity contribution is -0.165. The van der Waals surface area contributed by atoms with Crippen LogP contribution < -0.4 is 5.73 Å². The molecule has 4 unspecified atom stereocenters. The maximum Gasteiger partial charge on any atom is 0.316 e. The van der Waals surface area contributed by atoms with Crippen molar-refractivity contribution in [1.82, 2.24) is 0 Å². The van der Waals surface area contributed by atoms with Gasteiger partial charge in [-0.25, -0.2) is 0 Å². The Balaban J connectivity index is 1.99. The highest BCUT2D eigenvalue weighted by atomic mass is 16.6. The third-order valence-electron chi connectivity index (χ3n) is 4.60. The molecule has 1 saturated carbocycles. The van der Waals surface area contributed by atoms with Crippen molar-refractivity contribution in [2.75, 3.05) is 13.2 Å². The molecule has 0 bridgehead atoms. The molecule has 4 heteroatoms. The van der Waals surface area contributed by atoms with E-state index in [2.05, 4.69) is 20.8 Å². The third kappa shape index (κ3) is 3.11. The first-order valence-corrected chi connectivity index (χ1v) is 7.27. The van der Waals surface area contributed by atoms with Gasteiger partial charge in [-0.15, -0.1) is 0 Å². The monoisotopic (exact) mass is 269 g/mol. The van der Waals surface area contributed by atoms with Gasteiger partial charge in [0.2, 0.25) is 0 Å². The van der Waals surface area contributed by atoms with Crippen LogP contribution in [-0.2, 0) is 14.3 Å². The summed E-state index contributed by atoms with van der Waals surface area (Å²) in [5, 5.41) is 0. The molecule has 0 spiro atoms. The molecule has 2 fully saturated rings. The van der Waals surface area contributed by atoms with Crippen LogP contribution in [0, 0.1) is 16.7 Å². The number of hydrogen-bond donors (Lipinski definition) is 1. The molecule has 1 saturated heterocycles. The second kappa shape index (κ2) is 5.06. The summed E-state index contributed by atoms with van der Waals surface area (Å²) in [6.07, 6.45) is 3.12. The molecule has 110 valence electrons. The van der Waals surface area contributed by atoms with E-state index in [0.717, 1.165) is 12.8 Å². The minimum atomic E-state index is -0.676. The highest BCUT2D eigenvalue weighted by Crippen LogP contribution is 2.40. The van der Waals surface area contributed by atoms with Gasteiger partial charge in [0.05, 0.1) is 13.2 Å². The molecule has 0 aromatic rings. The molecule has 1 heterocycles. The van der Waals surface area contributed by atoms with E-state index in [1.807, 2.05) is 6.92 Å². The summed E-state index contributed by atoms with van der Waals surface area (Å²) < 4.78 is 11.1. The van der Waals surface area contributed by atoms with Crippen LogP contribution in [0.2, 0.25) is 0 Å². The van der Waals surface area contributed by atoms with E-state index < -0.39 is 5.41 Å². The van der Waals surface area contributed by atoms with E-state index in [9.17, 15) is 4.79 Å². The normalized spacial score (nSPS) is 42.1. The van der Waals surface area contributed by atoms with Gasteiger partial charge in [0.25, 0.3) is 0 Å². The highest BCUT2D eigenvalue weighted by molar-refractivity contribution is 5.78. The van der Waals surface area contributed by atoms with Gasteiger partial charge < -0.3 is 15.2 Å². The first-order chi connectivity index (χ1) is 8.73. The van der Waals surface area contributed by atoms with Crippen molar-refractivity contribution >= 4 is 5.97 Å². The summed E-state index contributed by atoms with van der Waals surface area (Å²) in [7, 11) is 0. The second-order valence-corrected chi connectivity index (χ2v) is 7.48. The Morgan fingerprint density at radius 1 is 1.32 bits per heavy atom. The van der Waals surface area contributed by atoms with E-state index in [4.69, 9.17) is 15.2 Å². The van der Waals surface area contributed by atoms with Crippen molar-refractivity contribution in [3.63, 3.8) is 0 Å². The number of rotatable bonds is 2. The van der Waals surface area contributed by atoms with Gasteiger partial charge in [0, 0.05) is 6.04 Å². The van der Waals surface area contributed by atoms with Crippen molar-refractivity contribution in [2.45, 2.75) is 59.1 Å². The first kappa shape index (κ1) is 14.8. The van der Waals surface area contributed by atoms with Gasteiger partial charge in [-0.1, -0.05) is 20.8 Å². The fourth-order valence-electron chi connectivity index (χ4n) is 3.53. The van der Waals surface area contributed by atoms with E-state index in [1.54, 1.807) is 0 Å². The number of carbonyl (C=O) groups is 1. The van der Waals surface area contributed by atoms with Crippen molar-refractivity contribution in [3.8, 4) is 0 Å². The Bertz CT molecular complexity index is 355. The Morgan fingerprint density at radius 3 is 2.53 bits per heavy atom. The number of carbonyl (C=O) groups excluding carboxylic acids is 1. The van der Waals surface area contributed by atoms with Crippen LogP contribution in [0.5, 0.6) is 0 Å². The molecule has 0 radical (unpaired) electrons. The van der Waals surface area contributed by atoms with Crippen LogP contribution in [0.4, 0.5) is 0 Å². The molecule has 2 rings (SSSR count). The predicted octanol–water partition coefficient (Wildman–Crippen LogP) is 2.11. The standard InChI is InChI=1S/C15H27NO3/c1-10-5-11(7-14(2,3)6-10)19-13(17)15(4)9-18-8-12(15)16/h10-12H,5-9,16H2,1-4H3. The average Bonchev–Trinajstić information content (AvgIpc) is 2.57. The Morgan fingerprint density at radius 2 is 2.00 bits per heavy atom. The molecule has 2 aliphatic rings. The molecule has 1 aliphatic carbocycles. The summed E-state index contributed by atoms with van der Waals surface area (Å²) in [5.41, 5.74) is 5.55. The molecule has 4 atom stereocenters. The van der Waals surface area contributed by atoms with E-state index in [-0.39, 0.29) is 23.5 Å². The van der Waals surface area contributed by atoms with Gasteiger partial charge in [0.1, 0.15) is 11.5 Å². The largest absolute Gasteiger partial charge is 0.462 e. The minimum absolute atomic E-state index is 0.0240. The molecule has 4 nitrogen and oxygen atoms in total. The predicted molar refractivity (Wildman–Crippen MR) is 73.6 cm³/mol. The summed E-state index contributed by atoms with van der Waals surface area (Å²) in [4.78, 5) is 12.4. The maximum atomic E-state index is 12.4. The lowest BCUT2D eigenvalue weighted by Gasteiger charge is -2.39. The highest BCUT2D eigenvalue weighted by Gasteiger charge is 2.47. The average molecular weight is 269 g/mol. The van der Waals surface area contributed by atoms with E-state index in [1.165, 1.54) is 6.42 Å². The SMILES string of the molecule is CC1CC(OC(=O)C2(C)COCC2N)CC(C)(C)C1. The lowest BCUT2D eigenvalue weighted by Crippen LogP contribution is -2.47. The number of esters is 1. The number of ether oxygens (including phenoxy) is 2. The van der Waals surface area contributed by atoms with Gasteiger partial charge in [-0.2, -0.15) is 0 Å². The second-order valence-electron chi connectivity index (χ2n) is 7.48. The molecule has 19 heavy (non-hydrogen) atoms. The smallest absolute Gasteiger partial charge is 0.316 e. The zero-order valence-electron chi connectivity index (χ0n) is 12.6. The van der Waals surface area contributed by atoms with Crippen LogP contribution in [0.15, 0.2) is 0 Å². The molecule has 0 amide bonds. The van der Waals surface area contributed by atoms with Crippen LogP contribution in [0.3, 0.4) is 0 Å². The van der Waals surface area contributed by atoms with Crippen LogP contribution >= 0.6 is 0 Å². The topological polar surface area (TPSA) is 61.5 Å². The van der Waals surface area contributed by atoms with Crippen molar-refractivity contribution in [3.05, 3.63) is 0 Å². The Labute approximate surface area is 116 Å². The van der Waals surface area contributed by atoms with Gasteiger partial charge in [0.15, 0.2) is 0 Å². The van der Waals surface area contributed by atoms with Crippen molar-refractivity contribution in [1.29, 1.82) is 0 Å². The van der Waals surface area contributed by atoms with Gasteiger partial charge in [-0.05, 0) is 37.5 Å².